The van der Waals surface area contributed by atoms with Crippen LogP contribution < -0.4 is 0 Å². The number of rotatable bonds is 3. The third-order valence-electron chi connectivity index (χ3n) is 4.77. The summed E-state index contributed by atoms with van der Waals surface area (Å²) in [5.74, 6) is 0. The van der Waals surface area contributed by atoms with Gasteiger partial charge in [-0.1, -0.05) is 30.3 Å². The first kappa shape index (κ1) is 16.6. The van der Waals surface area contributed by atoms with E-state index in [9.17, 15) is 4.79 Å². The monoisotopic (exact) mass is 350 g/mol. The standard InChI is InChI=1S/C20H22N4O2/c1-15-10-12-24-19(21-15)13-17(22-24)18-9-5-6-11-23(18)20(25)26-14-16-7-3-2-4-8-16/h2-4,7-8,10,12-13,18H,5-6,9,11,14H2,1H3/t18-/m0/s1. The van der Waals surface area contributed by atoms with Gasteiger partial charge in [-0.2, -0.15) is 5.10 Å². The number of ether oxygens (including phenoxy) is 1. The Kier molecular flexibility index (Phi) is 4.56. The minimum absolute atomic E-state index is 0.0611. The molecule has 6 heteroatoms. The Balaban J connectivity index is 1.52. The molecule has 0 spiro atoms. The third kappa shape index (κ3) is 3.40. The number of carbonyl (C=O) groups excluding carboxylic acids is 1. The molecule has 0 unspecified atom stereocenters. The molecule has 1 aliphatic heterocycles. The minimum atomic E-state index is -0.278. The van der Waals surface area contributed by atoms with Gasteiger partial charge in [0.05, 0.1) is 11.7 Å². The van der Waals surface area contributed by atoms with Crippen molar-refractivity contribution in [3.63, 3.8) is 0 Å². The third-order valence-corrected chi connectivity index (χ3v) is 4.77. The van der Waals surface area contributed by atoms with Crippen molar-refractivity contribution in [2.45, 2.75) is 38.8 Å². The number of aryl methyl sites for hydroxylation is 1. The molecule has 3 aromatic rings. The summed E-state index contributed by atoms with van der Waals surface area (Å²) < 4.78 is 7.32. The van der Waals surface area contributed by atoms with Crippen LogP contribution in [-0.4, -0.2) is 32.1 Å². The molecule has 0 bridgehead atoms. The van der Waals surface area contributed by atoms with E-state index in [-0.39, 0.29) is 18.7 Å². The van der Waals surface area contributed by atoms with Crippen LogP contribution in [0.2, 0.25) is 0 Å². The van der Waals surface area contributed by atoms with Crippen LogP contribution in [0.3, 0.4) is 0 Å². The van der Waals surface area contributed by atoms with Crippen molar-refractivity contribution in [2.75, 3.05) is 6.54 Å². The first-order valence-electron chi connectivity index (χ1n) is 9.01. The van der Waals surface area contributed by atoms with Gasteiger partial charge in [-0.15, -0.1) is 0 Å². The second-order valence-electron chi connectivity index (χ2n) is 6.69. The van der Waals surface area contributed by atoms with Crippen LogP contribution in [0.15, 0.2) is 48.7 Å². The molecule has 0 N–H and O–H groups in total. The van der Waals surface area contributed by atoms with Crippen molar-refractivity contribution in [1.29, 1.82) is 0 Å². The molecule has 6 nitrogen and oxygen atoms in total. The molecule has 0 saturated carbocycles. The van der Waals surface area contributed by atoms with Crippen molar-refractivity contribution in [3.8, 4) is 0 Å². The Morgan fingerprint density at radius 1 is 1.23 bits per heavy atom. The van der Waals surface area contributed by atoms with Gasteiger partial charge in [0.1, 0.15) is 6.61 Å². The summed E-state index contributed by atoms with van der Waals surface area (Å²) >= 11 is 0. The molecule has 2 aromatic heterocycles. The Morgan fingerprint density at radius 2 is 2.08 bits per heavy atom. The maximum atomic E-state index is 12.7. The lowest BCUT2D eigenvalue weighted by atomic mass is 10.00. The highest BCUT2D eigenvalue weighted by Gasteiger charge is 2.31. The highest BCUT2D eigenvalue weighted by atomic mass is 16.6. The summed E-state index contributed by atoms with van der Waals surface area (Å²) in [6.45, 7) is 2.94. The van der Waals surface area contributed by atoms with Crippen LogP contribution in [-0.2, 0) is 11.3 Å². The summed E-state index contributed by atoms with van der Waals surface area (Å²) in [4.78, 5) is 19.0. The van der Waals surface area contributed by atoms with Gasteiger partial charge < -0.3 is 4.74 Å². The fourth-order valence-corrected chi connectivity index (χ4v) is 3.42. The predicted octanol–water partition coefficient (Wildman–Crippen LogP) is 3.90. The molecule has 0 aliphatic carbocycles. The number of nitrogens with zero attached hydrogens (tertiary/aromatic N) is 4. The molecule has 3 heterocycles. The zero-order valence-electron chi connectivity index (χ0n) is 14.8. The van der Waals surface area contributed by atoms with E-state index in [1.165, 1.54) is 0 Å². The number of hydrogen-bond donors (Lipinski definition) is 0. The fourth-order valence-electron chi connectivity index (χ4n) is 3.42. The topological polar surface area (TPSA) is 59.7 Å². The van der Waals surface area contributed by atoms with Crippen LogP contribution in [0, 0.1) is 6.92 Å². The van der Waals surface area contributed by atoms with E-state index in [0.29, 0.717) is 6.54 Å². The number of aromatic nitrogens is 3. The normalized spacial score (nSPS) is 17.4. The minimum Gasteiger partial charge on any atom is -0.445 e. The largest absolute Gasteiger partial charge is 0.445 e. The van der Waals surface area contributed by atoms with E-state index < -0.39 is 0 Å². The second-order valence-corrected chi connectivity index (χ2v) is 6.69. The quantitative estimate of drug-likeness (QED) is 0.719. The summed E-state index contributed by atoms with van der Waals surface area (Å²) in [7, 11) is 0. The lowest BCUT2D eigenvalue weighted by Gasteiger charge is -2.33. The van der Waals surface area contributed by atoms with Gasteiger partial charge in [-0.25, -0.2) is 14.3 Å². The molecule has 134 valence electrons. The van der Waals surface area contributed by atoms with E-state index in [2.05, 4.69) is 10.1 Å². The maximum Gasteiger partial charge on any atom is 0.410 e. The van der Waals surface area contributed by atoms with Gasteiger partial charge in [0.25, 0.3) is 0 Å². The Bertz CT molecular complexity index is 907. The molecule has 1 amide bonds. The van der Waals surface area contributed by atoms with E-state index in [1.54, 1.807) is 9.42 Å². The molecular weight excluding hydrogens is 328 g/mol. The van der Waals surface area contributed by atoms with E-state index >= 15 is 0 Å². The SMILES string of the molecule is Cc1ccn2nc([C@@H]3CCCCN3C(=O)OCc3ccccc3)cc2n1. The molecule has 4 rings (SSSR count). The number of benzene rings is 1. The number of likely N-dealkylation sites (tertiary alicyclic amines) is 1. The first-order chi connectivity index (χ1) is 12.7. The predicted molar refractivity (Wildman–Crippen MR) is 97.6 cm³/mol. The van der Waals surface area contributed by atoms with Crippen molar-refractivity contribution in [1.82, 2.24) is 19.5 Å². The summed E-state index contributed by atoms with van der Waals surface area (Å²) in [6, 6.07) is 13.6. The van der Waals surface area contributed by atoms with Crippen LogP contribution in [0.1, 0.15) is 42.3 Å². The van der Waals surface area contributed by atoms with E-state index in [0.717, 1.165) is 41.9 Å². The van der Waals surface area contributed by atoms with Gasteiger partial charge in [0.15, 0.2) is 5.65 Å². The Hall–Kier alpha value is -2.89. The molecule has 1 saturated heterocycles. The molecule has 1 atom stereocenters. The molecule has 1 aliphatic rings. The van der Waals surface area contributed by atoms with Crippen molar-refractivity contribution in [2.24, 2.45) is 0 Å². The maximum absolute atomic E-state index is 12.7. The van der Waals surface area contributed by atoms with Crippen molar-refractivity contribution >= 4 is 11.7 Å². The summed E-state index contributed by atoms with van der Waals surface area (Å²) in [6.07, 6.45) is 4.58. The van der Waals surface area contributed by atoms with E-state index in [4.69, 9.17) is 4.74 Å². The first-order valence-corrected chi connectivity index (χ1v) is 9.01. The number of carbonyl (C=O) groups is 1. The van der Waals surface area contributed by atoms with Crippen LogP contribution in [0.4, 0.5) is 4.79 Å². The van der Waals surface area contributed by atoms with Gasteiger partial charge in [0, 0.05) is 24.5 Å². The Morgan fingerprint density at radius 3 is 2.92 bits per heavy atom. The molecular formula is C20H22N4O2. The van der Waals surface area contributed by atoms with Gasteiger partial charge >= 0.3 is 6.09 Å². The van der Waals surface area contributed by atoms with Crippen molar-refractivity contribution < 1.29 is 9.53 Å². The Labute approximate surface area is 152 Å². The van der Waals surface area contributed by atoms with Gasteiger partial charge in [-0.05, 0) is 37.8 Å². The lowest BCUT2D eigenvalue weighted by Crippen LogP contribution is -2.39. The number of piperidine rings is 1. The molecule has 0 radical (unpaired) electrons. The highest BCUT2D eigenvalue weighted by molar-refractivity contribution is 5.68. The second kappa shape index (κ2) is 7.15. The lowest BCUT2D eigenvalue weighted by molar-refractivity contribution is 0.0668. The zero-order chi connectivity index (χ0) is 17.9. The van der Waals surface area contributed by atoms with Gasteiger partial charge in [0.2, 0.25) is 0 Å². The van der Waals surface area contributed by atoms with Crippen LogP contribution in [0.25, 0.3) is 5.65 Å². The van der Waals surface area contributed by atoms with Crippen LogP contribution >= 0.6 is 0 Å². The van der Waals surface area contributed by atoms with Gasteiger partial charge in [-0.3, -0.25) is 4.90 Å². The fraction of sp³-hybridized carbons (Fsp3) is 0.350. The number of amides is 1. The molecule has 26 heavy (non-hydrogen) atoms. The smallest absolute Gasteiger partial charge is 0.410 e. The highest BCUT2D eigenvalue weighted by Crippen LogP contribution is 2.31. The van der Waals surface area contributed by atoms with E-state index in [1.807, 2.05) is 55.6 Å². The van der Waals surface area contributed by atoms with Crippen LogP contribution in [0.5, 0.6) is 0 Å². The summed E-state index contributed by atoms with van der Waals surface area (Å²) in [5.41, 5.74) is 3.62. The average Bonchev–Trinajstić information content (AvgIpc) is 3.10. The van der Waals surface area contributed by atoms with Crippen molar-refractivity contribution in [3.05, 3.63) is 65.6 Å². The zero-order valence-corrected chi connectivity index (χ0v) is 14.8. The average molecular weight is 350 g/mol. The summed E-state index contributed by atoms with van der Waals surface area (Å²) in [5, 5.41) is 4.63. The molecule has 1 fully saturated rings. The number of fused-ring (bicyclic) bond motifs is 1. The molecule has 1 aromatic carbocycles. The number of hydrogen-bond acceptors (Lipinski definition) is 4.